The molecule has 135 valence electrons. The Bertz CT molecular complexity index is 1020. The lowest BCUT2D eigenvalue weighted by molar-refractivity contribution is 0.304. The number of benzene rings is 3. The fourth-order valence-corrected chi connectivity index (χ4v) is 3.08. The molecule has 1 heterocycles. The Morgan fingerprint density at radius 1 is 0.926 bits per heavy atom. The van der Waals surface area contributed by atoms with Gasteiger partial charge in [0.1, 0.15) is 18.1 Å². The Balaban J connectivity index is 1.45. The van der Waals surface area contributed by atoms with E-state index in [0.717, 1.165) is 45.6 Å². The van der Waals surface area contributed by atoms with Crippen LogP contribution in [0.4, 0.5) is 0 Å². The van der Waals surface area contributed by atoms with Gasteiger partial charge in [-0.15, -0.1) is 0 Å². The van der Waals surface area contributed by atoms with Crippen molar-refractivity contribution in [3.63, 3.8) is 0 Å². The predicted octanol–water partition coefficient (Wildman–Crippen LogP) is 4.95. The highest BCUT2D eigenvalue weighted by Gasteiger charge is 2.07. The van der Waals surface area contributed by atoms with Crippen molar-refractivity contribution in [3.05, 3.63) is 96.2 Å². The third-order valence-corrected chi connectivity index (χ3v) is 4.56. The van der Waals surface area contributed by atoms with Gasteiger partial charge in [0.05, 0.1) is 24.5 Å². The van der Waals surface area contributed by atoms with Gasteiger partial charge in [-0.05, 0) is 48.2 Å². The number of rotatable bonds is 7. The molecule has 0 amide bonds. The van der Waals surface area contributed by atoms with Crippen LogP contribution in [0.1, 0.15) is 16.7 Å². The second-order valence-electron chi connectivity index (χ2n) is 6.29. The van der Waals surface area contributed by atoms with E-state index in [1.54, 1.807) is 13.4 Å². The Morgan fingerprint density at radius 2 is 1.74 bits per heavy atom. The van der Waals surface area contributed by atoms with Gasteiger partial charge in [0.15, 0.2) is 0 Å². The number of H-pyrrole nitrogens is 1. The minimum Gasteiger partial charge on any atom is -0.497 e. The lowest BCUT2D eigenvalue weighted by Crippen LogP contribution is -2.00. The van der Waals surface area contributed by atoms with Gasteiger partial charge in [-0.2, -0.15) is 0 Å². The van der Waals surface area contributed by atoms with Crippen molar-refractivity contribution in [2.45, 2.75) is 13.0 Å². The SMILES string of the molecule is COc1ccc([CH]Cc2ccccc2OCc2cccc3[nH]cnc23)cc1. The zero-order chi connectivity index (χ0) is 18.5. The molecular formula is C23H21N2O2. The van der Waals surface area contributed by atoms with Gasteiger partial charge in [-0.3, -0.25) is 0 Å². The standard InChI is InChI=1S/C23H21N2O2/c1-26-20-13-10-17(11-14-20)9-12-18-5-2-3-8-22(18)27-15-19-6-4-7-21-23(19)25-16-24-21/h2-11,13-14,16H,12,15H2,1H3,(H,24,25). The molecule has 0 saturated carbocycles. The first kappa shape index (κ1) is 17.2. The second-order valence-corrected chi connectivity index (χ2v) is 6.29. The average Bonchev–Trinajstić information content (AvgIpc) is 3.21. The Morgan fingerprint density at radius 3 is 2.59 bits per heavy atom. The molecule has 1 aromatic heterocycles. The highest BCUT2D eigenvalue weighted by atomic mass is 16.5. The number of hydrogen-bond acceptors (Lipinski definition) is 3. The number of imidazole rings is 1. The molecule has 4 rings (SSSR count). The largest absolute Gasteiger partial charge is 0.497 e. The van der Waals surface area contributed by atoms with E-state index in [1.807, 2.05) is 42.5 Å². The Labute approximate surface area is 158 Å². The summed E-state index contributed by atoms with van der Waals surface area (Å²) in [4.78, 5) is 7.53. The summed E-state index contributed by atoms with van der Waals surface area (Å²) in [5, 5.41) is 0. The number of hydrogen-bond donors (Lipinski definition) is 1. The third-order valence-electron chi connectivity index (χ3n) is 4.56. The van der Waals surface area contributed by atoms with Crippen LogP contribution in [0.3, 0.4) is 0 Å². The van der Waals surface area contributed by atoms with Crippen LogP contribution in [0.15, 0.2) is 73.1 Å². The lowest BCUT2D eigenvalue weighted by Gasteiger charge is -2.12. The molecule has 0 bridgehead atoms. The molecule has 0 saturated heterocycles. The Kier molecular flexibility index (Phi) is 5.06. The molecule has 1 N–H and O–H groups in total. The van der Waals surface area contributed by atoms with Crippen molar-refractivity contribution in [1.29, 1.82) is 0 Å². The molecule has 0 spiro atoms. The Hall–Kier alpha value is -3.27. The fourth-order valence-electron chi connectivity index (χ4n) is 3.08. The van der Waals surface area contributed by atoms with Crippen LogP contribution < -0.4 is 9.47 Å². The van der Waals surface area contributed by atoms with Gasteiger partial charge in [-0.1, -0.05) is 42.5 Å². The van der Waals surface area contributed by atoms with E-state index in [9.17, 15) is 0 Å². The van der Waals surface area contributed by atoms with Crippen LogP contribution in [-0.4, -0.2) is 17.1 Å². The van der Waals surface area contributed by atoms with E-state index in [-0.39, 0.29) is 0 Å². The van der Waals surface area contributed by atoms with Gasteiger partial charge in [-0.25, -0.2) is 4.98 Å². The van der Waals surface area contributed by atoms with Gasteiger partial charge in [0, 0.05) is 5.56 Å². The number of ether oxygens (including phenoxy) is 2. The van der Waals surface area contributed by atoms with Gasteiger partial charge < -0.3 is 14.5 Å². The molecule has 27 heavy (non-hydrogen) atoms. The predicted molar refractivity (Wildman–Crippen MR) is 107 cm³/mol. The normalized spacial score (nSPS) is 10.9. The van der Waals surface area contributed by atoms with Crippen molar-refractivity contribution < 1.29 is 9.47 Å². The highest BCUT2D eigenvalue weighted by molar-refractivity contribution is 5.77. The number of fused-ring (bicyclic) bond motifs is 1. The van der Waals surface area contributed by atoms with Crippen LogP contribution in [0.25, 0.3) is 11.0 Å². The van der Waals surface area contributed by atoms with Crippen molar-refractivity contribution in [3.8, 4) is 11.5 Å². The number of aromatic amines is 1. The van der Waals surface area contributed by atoms with E-state index >= 15 is 0 Å². The maximum atomic E-state index is 6.13. The summed E-state index contributed by atoms with van der Waals surface area (Å²) in [5.74, 6) is 1.76. The molecule has 0 fully saturated rings. The molecule has 3 aromatic carbocycles. The first-order valence-electron chi connectivity index (χ1n) is 8.92. The van der Waals surface area contributed by atoms with Gasteiger partial charge >= 0.3 is 0 Å². The summed E-state index contributed by atoms with van der Waals surface area (Å²) < 4.78 is 11.3. The van der Waals surface area contributed by atoms with Crippen LogP contribution in [0.5, 0.6) is 11.5 Å². The zero-order valence-corrected chi connectivity index (χ0v) is 15.2. The first-order chi connectivity index (χ1) is 13.3. The summed E-state index contributed by atoms with van der Waals surface area (Å²) >= 11 is 0. The zero-order valence-electron chi connectivity index (χ0n) is 15.2. The van der Waals surface area contributed by atoms with Crippen molar-refractivity contribution in [2.24, 2.45) is 0 Å². The summed E-state index contributed by atoms with van der Waals surface area (Å²) in [5.41, 5.74) is 5.37. The molecular weight excluding hydrogens is 336 g/mol. The van der Waals surface area contributed by atoms with Crippen LogP contribution >= 0.6 is 0 Å². The number of aromatic nitrogens is 2. The smallest absolute Gasteiger partial charge is 0.123 e. The molecule has 4 aromatic rings. The summed E-state index contributed by atoms with van der Waals surface area (Å²) in [6.45, 7) is 0.488. The summed E-state index contributed by atoms with van der Waals surface area (Å²) in [6.07, 6.45) is 4.71. The first-order valence-corrected chi connectivity index (χ1v) is 8.92. The lowest BCUT2D eigenvalue weighted by atomic mass is 10.0. The summed E-state index contributed by atoms with van der Waals surface area (Å²) in [7, 11) is 1.68. The molecule has 4 nitrogen and oxygen atoms in total. The third kappa shape index (κ3) is 3.95. The quantitative estimate of drug-likeness (QED) is 0.509. The highest BCUT2D eigenvalue weighted by Crippen LogP contribution is 2.24. The molecule has 0 unspecified atom stereocenters. The monoisotopic (exact) mass is 357 g/mol. The van der Waals surface area contributed by atoms with Crippen molar-refractivity contribution in [1.82, 2.24) is 9.97 Å². The van der Waals surface area contributed by atoms with Crippen LogP contribution in [0, 0.1) is 6.42 Å². The molecule has 0 aliphatic heterocycles. The van der Waals surface area contributed by atoms with E-state index in [1.165, 1.54) is 0 Å². The maximum Gasteiger partial charge on any atom is 0.123 e. The van der Waals surface area contributed by atoms with Gasteiger partial charge in [0.2, 0.25) is 0 Å². The van der Waals surface area contributed by atoms with Crippen molar-refractivity contribution in [2.75, 3.05) is 7.11 Å². The second kappa shape index (κ2) is 7.96. The van der Waals surface area contributed by atoms with E-state index < -0.39 is 0 Å². The maximum absolute atomic E-state index is 6.13. The van der Waals surface area contributed by atoms with E-state index in [4.69, 9.17) is 9.47 Å². The van der Waals surface area contributed by atoms with Gasteiger partial charge in [0.25, 0.3) is 0 Å². The van der Waals surface area contributed by atoms with E-state index in [0.29, 0.717) is 6.61 Å². The molecule has 0 atom stereocenters. The minimum atomic E-state index is 0.488. The molecule has 0 aliphatic rings. The minimum absolute atomic E-state index is 0.488. The van der Waals surface area contributed by atoms with Crippen LogP contribution in [0.2, 0.25) is 0 Å². The average molecular weight is 357 g/mol. The number of nitrogens with one attached hydrogen (secondary N) is 1. The summed E-state index contributed by atoms with van der Waals surface area (Å²) in [6, 6.07) is 22.3. The molecule has 1 radical (unpaired) electrons. The molecule has 0 aliphatic carbocycles. The topological polar surface area (TPSA) is 47.1 Å². The fraction of sp³-hybridized carbons (Fsp3) is 0.130. The number of methoxy groups -OCH3 is 1. The number of nitrogens with zero attached hydrogens (tertiary/aromatic N) is 1. The van der Waals surface area contributed by atoms with E-state index in [2.05, 4.69) is 40.7 Å². The molecule has 4 heteroatoms. The number of para-hydroxylation sites is 2. The van der Waals surface area contributed by atoms with Crippen LogP contribution in [-0.2, 0) is 13.0 Å². The van der Waals surface area contributed by atoms with Crippen molar-refractivity contribution >= 4 is 11.0 Å².